The van der Waals surface area contributed by atoms with Crippen molar-refractivity contribution in [3.8, 4) is 0 Å². The lowest BCUT2D eigenvalue weighted by Crippen LogP contribution is -2.22. The van der Waals surface area contributed by atoms with Gasteiger partial charge in [-0.1, -0.05) is 30.3 Å². The first kappa shape index (κ1) is 15.0. The molecule has 0 atom stereocenters. The second-order valence-corrected chi connectivity index (χ2v) is 5.23. The van der Waals surface area contributed by atoms with Crippen LogP contribution < -0.4 is 4.90 Å². The van der Waals surface area contributed by atoms with Crippen LogP contribution in [0.4, 0.5) is 5.69 Å². The van der Waals surface area contributed by atoms with Crippen LogP contribution in [0, 0.1) is 0 Å². The van der Waals surface area contributed by atoms with Crippen molar-refractivity contribution < 1.29 is 14.3 Å². The maximum absolute atomic E-state index is 12.4. The van der Waals surface area contributed by atoms with Gasteiger partial charge in [0.15, 0.2) is 0 Å². The number of fused-ring (bicyclic) bond motifs is 1. The van der Waals surface area contributed by atoms with Gasteiger partial charge in [-0.3, -0.25) is 4.79 Å². The molecular formula is C19H17NO3. The summed E-state index contributed by atoms with van der Waals surface area (Å²) in [7, 11) is 0. The highest BCUT2D eigenvalue weighted by Crippen LogP contribution is 2.28. The Balaban J connectivity index is 1.74. The van der Waals surface area contributed by atoms with Crippen molar-refractivity contribution in [1.29, 1.82) is 0 Å². The van der Waals surface area contributed by atoms with Crippen LogP contribution in [0.2, 0.25) is 0 Å². The molecule has 23 heavy (non-hydrogen) atoms. The minimum atomic E-state index is -0.359. The van der Waals surface area contributed by atoms with E-state index < -0.39 is 0 Å². The number of carbonyl (C=O) groups is 2. The van der Waals surface area contributed by atoms with Crippen molar-refractivity contribution >= 4 is 23.6 Å². The van der Waals surface area contributed by atoms with Crippen molar-refractivity contribution in [3.05, 3.63) is 71.3 Å². The maximum Gasteiger partial charge on any atom is 0.330 e. The topological polar surface area (TPSA) is 46.6 Å². The fourth-order valence-electron chi connectivity index (χ4n) is 2.58. The van der Waals surface area contributed by atoms with E-state index in [1.54, 1.807) is 17.9 Å². The number of esters is 1. The number of nitrogens with zero attached hydrogens (tertiary/aromatic N) is 1. The highest BCUT2D eigenvalue weighted by atomic mass is 16.5. The normalized spacial score (nSPS) is 13.4. The van der Waals surface area contributed by atoms with Crippen LogP contribution in [0.1, 0.15) is 28.4 Å². The predicted octanol–water partition coefficient (Wildman–Crippen LogP) is 3.42. The first-order valence-electron chi connectivity index (χ1n) is 7.53. The summed E-state index contributed by atoms with van der Waals surface area (Å²) in [6.07, 6.45) is 3.09. The molecule has 0 saturated heterocycles. The minimum absolute atomic E-state index is 0.0235. The molecule has 4 nitrogen and oxygen atoms in total. The molecule has 0 unspecified atom stereocenters. The van der Waals surface area contributed by atoms with Gasteiger partial charge in [0, 0.05) is 17.3 Å². The van der Waals surface area contributed by atoms with Gasteiger partial charge in [0.2, 0.25) is 0 Å². The molecule has 0 fully saturated rings. The van der Waals surface area contributed by atoms with E-state index >= 15 is 0 Å². The third-order valence-corrected chi connectivity index (χ3v) is 3.72. The molecular weight excluding hydrogens is 290 g/mol. The van der Waals surface area contributed by atoms with Gasteiger partial charge in [-0.15, -0.1) is 0 Å². The molecule has 0 saturated carbocycles. The Morgan fingerprint density at radius 1 is 1.17 bits per heavy atom. The lowest BCUT2D eigenvalue weighted by molar-refractivity contribution is -0.137. The highest BCUT2D eigenvalue weighted by molar-refractivity contribution is 6.10. The van der Waals surface area contributed by atoms with Crippen LogP contribution in [0.3, 0.4) is 0 Å². The van der Waals surface area contributed by atoms with Gasteiger partial charge in [0.25, 0.3) is 5.91 Å². The van der Waals surface area contributed by atoms with Crippen LogP contribution >= 0.6 is 0 Å². The van der Waals surface area contributed by atoms with Crippen LogP contribution in [0.5, 0.6) is 0 Å². The molecule has 0 aliphatic carbocycles. The zero-order chi connectivity index (χ0) is 16.2. The van der Waals surface area contributed by atoms with Crippen molar-refractivity contribution in [2.75, 3.05) is 11.5 Å². The Kier molecular flexibility index (Phi) is 4.24. The summed E-state index contributed by atoms with van der Waals surface area (Å²) in [6.45, 7) is 2.72. The number of ether oxygens (including phenoxy) is 1. The predicted molar refractivity (Wildman–Crippen MR) is 89.1 cm³/mol. The first-order valence-corrected chi connectivity index (χ1v) is 7.53. The summed E-state index contributed by atoms with van der Waals surface area (Å²) < 4.78 is 4.84. The third kappa shape index (κ3) is 3.16. The zero-order valence-electron chi connectivity index (χ0n) is 12.9. The molecule has 2 aromatic carbocycles. The number of benzene rings is 2. The van der Waals surface area contributed by atoms with E-state index in [1.807, 2.05) is 48.5 Å². The van der Waals surface area contributed by atoms with E-state index in [4.69, 9.17) is 4.74 Å². The molecule has 0 radical (unpaired) electrons. The van der Waals surface area contributed by atoms with Crippen molar-refractivity contribution in [3.63, 3.8) is 0 Å². The third-order valence-electron chi connectivity index (χ3n) is 3.72. The smallest absolute Gasteiger partial charge is 0.330 e. The van der Waals surface area contributed by atoms with E-state index in [0.29, 0.717) is 13.2 Å². The summed E-state index contributed by atoms with van der Waals surface area (Å²) in [5.41, 5.74) is 3.54. The van der Waals surface area contributed by atoms with Gasteiger partial charge < -0.3 is 9.64 Å². The maximum atomic E-state index is 12.4. The quantitative estimate of drug-likeness (QED) is 0.642. The van der Waals surface area contributed by atoms with Gasteiger partial charge in [-0.2, -0.15) is 0 Å². The molecule has 0 bridgehead atoms. The number of hydrogen-bond acceptors (Lipinski definition) is 3. The van der Waals surface area contributed by atoms with Crippen LogP contribution in [-0.2, 0) is 16.1 Å². The molecule has 0 spiro atoms. The Morgan fingerprint density at radius 2 is 1.91 bits per heavy atom. The fourth-order valence-corrected chi connectivity index (χ4v) is 2.58. The van der Waals surface area contributed by atoms with Crippen LogP contribution in [-0.4, -0.2) is 18.5 Å². The average Bonchev–Trinajstić information content (AvgIpc) is 2.91. The van der Waals surface area contributed by atoms with Gasteiger partial charge in [0.1, 0.15) is 0 Å². The number of amides is 1. The minimum Gasteiger partial charge on any atom is -0.463 e. The van der Waals surface area contributed by atoms with Crippen molar-refractivity contribution in [2.24, 2.45) is 0 Å². The van der Waals surface area contributed by atoms with Gasteiger partial charge in [0.05, 0.1) is 13.2 Å². The van der Waals surface area contributed by atoms with Gasteiger partial charge >= 0.3 is 5.97 Å². The second-order valence-electron chi connectivity index (χ2n) is 5.23. The first-order chi connectivity index (χ1) is 11.2. The van der Waals surface area contributed by atoms with E-state index in [-0.39, 0.29) is 11.9 Å². The summed E-state index contributed by atoms with van der Waals surface area (Å²) in [4.78, 5) is 25.5. The fraction of sp³-hybridized carbons (Fsp3) is 0.158. The lowest BCUT2D eigenvalue weighted by Gasteiger charge is -2.15. The largest absolute Gasteiger partial charge is 0.463 e. The average molecular weight is 307 g/mol. The number of carbonyl (C=O) groups excluding carboxylic acids is 2. The Labute approximate surface area is 135 Å². The molecule has 0 aromatic heterocycles. The Morgan fingerprint density at radius 3 is 2.61 bits per heavy atom. The van der Waals surface area contributed by atoms with Crippen molar-refractivity contribution in [2.45, 2.75) is 13.5 Å². The summed E-state index contributed by atoms with van der Waals surface area (Å²) in [6, 6.07) is 15.2. The molecule has 1 aliphatic heterocycles. The molecule has 4 heteroatoms. The van der Waals surface area contributed by atoms with E-state index in [2.05, 4.69) is 0 Å². The lowest BCUT2D eigenvalue weighted by atomic mass is 10.1. The summed E-state index contributed by atoms with van der Waals surface area (Å²) >= 11 is 0. The molecule has 116 valence electrons. The molecule has 1 amide bonds. The highest BCUT2D eigenvalue weighted by Gasteiger charge is 2.27. The molecule has 1 aliphatic rings. The van der Waals surface area contributed by atoms with Gasteiger partial charge in [-0.05, 0) is 42.3 Å². The van der Waals surface area contributed by atoms with Crippen molar-refractivity contribution in [1.82, 2.24) is 0 Å². The van der Waals surface area contributed by atoms with E-state index in [9.17, 15) is 9.59 Å². The molecule has 1 heterocycles. The summed E-state index contributed by atoms with van der Waals surface area (Å²) in [5.74, 6) is -0.336. The van der Waals surface area contributed by atoms with E-state index in [0.717, 1.165) is 22.4 Å². The monoisotopic (exact) mass is 307 g/mol. The number of anilines is 1. The number of hydrogen-bond donors (Lipinski definition) is 0. The van der Waals surface area contributed by atoms with Gasteiger partial charge in [-0.25, -0.2) is 4.79 Å². The number of rotatable bonds is 4. The second kappa shape index (κ2) is 6.48. The zero-order valence-corrected chi connectivity index (χ0v) is 12.9. The molecule has 0 N–H and O–H groups in total. The standard InChI is InChI=1S/C19H17NO3/c1-2-23-18(21)12-9-14-7-10-16(11-8-14)20-13-15-5-3-4-6-17(15)19(20)22/h3-12H,2,13H2,1H3. The van der Waals surface area contributed by atoms with E-state index in [1.165, 1.54) is 6.08 Å². The Bertz CT molecular complexity index is 762. The Hall–Kier alpha value is -2.88. The van der Waals surface area contributed by atoms with Crippen LogP contribution in [0.15, 0.2) is 54.6 Å². The SMILES string of the molecule is CCOC(=O)C=Cc1ccc(N2Cc3ccccc3C2=O)cc1. The molecule has 3 rings (SSSR count). The summed E-state index contributed by atoms with van der Waals surface area (Å²) in [5, 5.41) is 0. The molecule has 2 aromatic rings. The van der Waals surface area contributed by atoms with Crippen LogP contribution in [0.25, 0.3) is 6.08 Å².